The van der Waals surface area contributed by atoms with Gasteiger partial charge in [-0.1, -0.05) is 0 Å². The molecule has 0 aliphatic carbocycles. The lowest BCUT2D eigenvalue weighted by Gasteiger charge is -2.43. The summed E-state index contributed by atoms with van der Waals surface area (Å²) in [6.07, 6.45) is -16.9. The summed E-state index contributed by atoms with van der Waals surface area (Å²) in [7, 11) is 0. The van der Waals surface area contributed by atoms with E-state index >= 15 is 0 Å². The van der Waals surface area contributed by atoms with Crippen LogP contribution in [0.1, 0.15) is 0 Å². The molecule has 12 atom stereocenters. The van der Waals surface area contributed by atoms with E-state index in [-0.39, 0.29) is 0 Å². The summed E-state index contributed by atoms with van der Waals surface area (Å²) in [6.45, 7) is -3.60. The van der Waals surface area contributed by atoms with E-state index in [0.29, 0.717) is 0 Å². The molecule has 2 saturated heterocycles. The largest absolute Gasteiger partial charge is 0.394 e. The van der Waals surface area contributed by atoms with Crippen molar-refractivity contribution < 1.29 is 80.6 Å². The number of hydrogen-bond acceptors (Lipinski definition) is 16. The van der Waals surface area contributed by atoms with E-state index in [1.54, 1.807) is 0 Å². The Balaban J connectivity index is 0.000000461. The Bertz CT molecular complexity index is 543. The summed E-state index contributed by atoms with van der Waals surface area (Å²) >= 11 is 0. The minimum Gasteiger partial charge on any atom is -0.394 e. The van der Waals surface area contributed by atoms with Gasteiger partial charge in [0.25, 0.3) is 0 Å². The van der Waals surface area contributed by atoms with Crippen LogP contribution in [0.3, 0.4) is 0 Å². The molecule has 2 aliphatic heterocycles. The Morgan fingerprint density at radius 3 is 1.61 bits per heavy atom. The predicted octanol–water partition coefficient (Wildman–Crippen LogP) is -8.34. The van der Waals surface area contributed by atoms with Crippen molar-refractivity contribution in [3.63, 3.8) is 0 Å². The van der Waals surface area contributed by atoms with Crippen molar-refractivity contribution in [1.82, 2.24) is 0 Å². The molecule has 2 rings (SSSR count). The van der Waals surface area contributed by atoms with E-state index in [9.17, 15) is 30.6 Å². The van der Waals surface area contributed by atoms with Crippen LogP contribution in [0.25, 0.3) is 0 Å². The highest BCUT2D eigenvalue weighted by Crippen LogP contribution is 2.35. The summed E-state index contributed by atoms with van der Waals surface area (Å²) in [5, 5.41) is 119. The molecule has 1 unspecified atom stereocenters. The number of aliphatic hydroxyl groups excluding tert-OH is 13. The monoisotopic (exact) mass is 494 g/mol. The van der Waals surface area contributed by atoms with Crippen LogP contribution in [0.4, 0.5) is 0 Å². The third-order valence-corrected chi connectivity index (χ3v) is 5.23. The van der Waals surface area contributed by atoms with Gasteiger partial charge in [-0.3, -0.25) is 0 Å². The Kier molecular flexibility index (Phi) is 12.4. The van der Waals surface area contributed by atoms with Crippen molar-refractivity contribution in [2.45, 2.75) is 73.1 Å². The van der Waals surface area contributed by atoms with Gasteiger partial charge in [0.05, 0.1) is 26.4 Å². The fourth-order valence-electron chi connectivity index (χ4n) is 3.10. The molecule has 0 aromatic carbocycles. The second-order valence-corrected chi connectivity index (χ2v) is 7.55. The maximum absolute atomic E-state index is 10.00. The lowest BCUT2D eigenvalue weighted by Crippen LogP contribution is -2.62. The van der Waals surface area contributed by atoms with E-state index in [1.807, 2.05) is 0 Å². The summed E-state index contributed by atoms with van der Waals surface area (Å²) in [6, 6.07) is 0. The van der Waals surface area contributed by atoms with Crippen LogP contribution in [0.15, 0.2) is 0 Å². The van der Waals surface area contributed by atoms with Crippen LogP contribution in [-0.2, 0) is 14.2 Å². The van der Waals surface area contributed by atoms with Gasteiger partial charge in [-0.15, -0.1) is 0 Å². The van der Waals surface area contributed by atoms with Gasteiger partial charge >= 0.3 is 0 Å². The lowest BCUT2D eigenvalue weighted by atomic mass is 9.99. The van der Waals surface area contributed by atoms with Gasteiger partial charge < -0.3 is 80.6 Å². The fourth-order valence-corrected chi connectivity index (χ4v) is 3.10. The van der Waals surface area contributed by atoms with Crippen LogP contribution >= 0.6 is 0 Å². The minimum atomic E-state index is -2.22. The molecule has 0 amide bonds. The third-order valence-electron chi connectivity index (χ3n) is 5.23. The van der Waals surface area contributed by atoms with E-state index in [1.165, 1.54) is 0 Å². The smallest absolute Gasteiger partial charge is 0.224 e. The SMILES string of the molecule is OC[C@@H](O)C(O)[C@@H](O)CO.OC[C@H]1O[C@@](CO)(O[C@H]2O[C@H](CO)[C@@H](O)[C@H](O)[C@H]2O)[C@@H](O)[C@@H]1O. The first-order chi connectivity index (χ1) is 15.4. The average molecular weight is 494 g/mol. The van der Waals surface area contributed by atoms with Crippen molar-refractivity contribution in [2.75, 3.05) is 33.0 Å². The second-order valence-electron chi connectivity index (χ2n) is 7.55. The van der Waals surface area contributed by atoms with Crippen LogP contribution in [0, 0.1) is 0 Å². The molecule has 2 aliphatic rings. The average Bonchev–Trinajstić information content (AvgIpc) is 3.08. The molecular formula is C17H34O16. The topological polar surface area (TPSA) is 291 Å². The number of ether oxygens (including phenoxy) is 3. The molecule has 0 aromatic heterocycles. The summed E-state index contributed by atoms with van der Waals surface area (Å²) in [5.41, 5.74) is 0. The Morgan fingerprint density at radius 1 is 0.697 bits per heavy atom. The van der Waals surface area contributed by atoms with Crippen LogP contribution in [-0.4, -0.2) is 173 Å². The predicted molar refractivity (Wildman–Crippen MR) is 101 cm³/mol. The highest BCUT2D eigenvalue weighted by atomic mass is 16.8. The van der Waals surface area contributed by atoms with E-state index in [0.717, 1.165) is 0 Å². The van der Waals surface area contributed by atoms with E-state index in [2.05, 4.69) is 0 Å². The summed E-state index contributed by atoms with van der Waals surface area (Å²) < 4.78 is 15.4. The van der Waals surface area contributed by atoms with Crippen LogP contribution in [0.5, 0.6) is 0 Å². The van der Waals surface area contributed by atoms with E-state index in [4.69, 9.17) is 50.0 Å². The van der Waals surface area contributed by atoms with Gasteiger partial charge in [0.2, 0.25) is 5.79 Å². The summed E-state index contributed by atoms with van der Waals surface area (Å²) in [5.74, 6) is -2.22. The zero-order chi connectivity index (χ0) is 25.5. The maximum Gasteiger partial charge on any atom is 0.224 e. The maximum atomic E-state index is 10.00. The highest BCUT2D eigenvalue weighted by Gasteiger charge is 2.58. The normalized spacial score (nSPS) is 41.7. The summed E-state index contributed by atoms with van der Waals surface area (Å²) in [4.78, 5) is 0. The van der Waals surface area contributed by atoms with Gasteiger partial charge in [-0.2, -0.15) is 0 Å². The van der Waals surface area contributed by atoms with Gasteiger partial charge in [-0.25, -0.2) is 0 Å². The molecule has 33 heavy (non-hydrogen) atoms. The van der Waals surface area contributed by atoms with Crippen molar-refractivity contribution in [3.8, 4) is 0 Å². The molecule has 0 bridgehead atoms. The number of aliphatic hydroxyl groups is 13. The quantitative estimate of drug-likeness (QED) is 0.141. The molecule has 0 spiro atoms. The molecule has 2 heterocycles. The molecule has 0 aromatic rings. The Hall–Kier alpha value is -0.640. The second kappa shape index (κ2) is 13.4. The molecule has 13 N–H and O–H groups in total. The number of rotatable bonds is 9. The molecule has 0 radical (unpaired) electrons. The lowest BCUT2D eigenvalue weighted by molar-refractivity contribution is -0.383. The fraction of sp³-hybridized carbons (Fsp3) is 1.00. The first kappa shape index (κ1) is 30.4. The van der Waals surface area contributed by atoms with Crippen molar-refractivity contribution >= 4 is 0 Å². The van der Waals surface area contributed by atoms with Crippen LogP contribution in [0.2, 0.25) is 0 Å². The Morgan fingerprint density at radius 2 is 1.21 bits per heavy atom. The molecule has 16 heteroatoms. The molecule has 0 saturated carbocycles. The van der Waals surface area contributed by atoms with Gasteiger partial charge in [-0.05, 0) is 0 Å². The van der Waals surface area contributed by atoms with Gasteiger partial charge in [0, 0.05) is 0 Å². The van der Waals surface area contributed by atoms with Crippen molar-refractivity contribution in [1.29, 1.82) is 0 Å². The Labute approximate surface area is 187 Å². The van der Waals surface area contributed by atoms with Crippen molar-refractivity contribution in [3.05, 3.63) is 0 Å². The molecule has 198 valence electrons. The first-order valence-electron chi connectivity index (χ1n) is 9.94. The first-order valence-corrected chi connectivity index (χ1v) is 9.94. The van der Waals surface area contributed by atoms with Crippen LogP contribution < -0.4 is 0 Å². The zero-order valence-corrected chi connectivity index (χ0v) is 17.4. The molecular weight excluding hydrogens is 460 g/mol. The third kappa shape index (κ3) is 6.95. The standard InChI is InChI=1S/C12H22O11.C5H12O5/c13-1-4-6(16)8(18)9(19)11(21-4)23-12(3-15)10(20)7(17)5(2-14)22-12;6-1-3(8)5(10)4(9)2-7/h4-11,13-20H,1-3H2;3-10H,1-2H2/t4-,5-,6-,7-,8+,9-,10+,11-,12+;3-,4+,5?/m1./s1. The van der Waals surface area contributed by atoms with E-state index < -0.39 is 106 Å². The molecule has 2 fully saturated rings. The molecule has 16 nitrogen and oxygen atoms in total. The van der Waals surface area contributed by atoms with Gasteiger partial charge in [0.1, 0.15) is 67.6 Å². The number of hydrogen-bond donors (Lipinski definition) is 13. The zero-order valence-electron chi connectivity index (χ0n) is 17.4. The van der Waals surface area contributed by atoms with Crippen molar-refractivity contribution in [2.24, 2.45) is 0 Å². The van der Waals surface area contributed by atoms with Gasteiger partial charge in [0.15, 0.2) is 6.29 Å². The highest BCUT2D eigenvalue weighted by molar-refractivity contribution is 4.98. The minimum absolute atomic E-state index is 0.641.